The molecule has 0 N–H and O–H groups in total. The van der Waals surface area contributed by atoms with E-state index in [2.05, 4.69) is 0 Å². The van der Waals surface area contributed by atoms with Crippen molar-refractivity contribution >= 4 is 15.7 Å². The highest BCUT2D eigenvalue weighted by Crippen LogP contribution is 2.37. The van der Waals surface area contributed by atoms with E-state index in [1.54, 1.807) is 0 Å². The Morgan fingerprint density at radius 2 is 1.85 bits per heavy atom. The lowest BCUT2D eigenvalue weighted by molar-refractivity contribution is -0.387. The minimum absolute atomic E-state index is 0.232. The van der Waals surface area contributed by atoms with E-state index < -0.39 is 14.9 Å². The molecule has 0 radical (unpaired) electrons. The van der Waals surface area contributed by atoms with Gasteiger partial charge in [-0.25, -0.2) is 8.42 Å². The molecule has 1 fully saturated rings. The number of benzene rings is 2. The van der Waals surface area contributed by atoms with Gasteiger partial charge in [-0.15, -0.1) is 0 Å². The Labute approximate surface area is 153 Å². The third-order valence-corrected chi connectivity index (χ3v) is 6.73. The SMILES string of the molecule is Cc1cccc(C2CCCCCN2S(=O)(=O)c2ccccc2[N+](=O)[O-])c1. The predicted molar refractivity (Wildman–Crippen MR) is 99.4 cm³/mol. The van der Waals surface area contributed by atoms with Crippen molar-refractivity contribution in [3.05, 3.63) is 69.8 Å². The standard InChI is InChI=1S/C19H22N2O4S/c1-15-8-7-9-16(14-15)17-10-3-2-6-13-20(17)26(24,25)19-12-5-4-11-18(19)21(22)23/h4-5,7-9,11-12,14,17H,2-3,6,10,13H2,1H3. The quantitative estimate of drug-likeness (QED) is 0.593. The molecule has 2 aromatic rings. The summed E-state index contributed by atoms with van der Waals surface area (Å²) in [7, 11) is -3.98. The molecule has 1 unspecified atom stereocenters. The van der Waals surface area contributed by atoms with Gasteiger partial charge in [0.2, 0.25) is 10.0 Å². The number of rotatable bonds is 4. The Bertz CT molecular complexity index is 911. The smallest absolute Gasteiger partial charge is 0.258 e. The molecule has 0 aromatic heterocycles. The molecule has 1 atom stereocenters. The van der Waals surface area contributed by atoms with Gasteiger partial charge >= 0.3 is 0 Å². The Morgan fingerprint density at radius 1 is 1.08 bits per heavy atom. The highest BCUT2D eigenvalue weighted by Gasteiger charge is 2.37. The minimum atomic E-state index is -3.98. The molecule has 0 spiro atoms. The van der Waals surface area contributed by atoms with Crippen molar-refractivity contribution in [2.24, 2.45) is 0 Å². The summed E-state index contributed by atoms with van der Waals surface area (Å²) in [4.78, 5) is 10.5. The van der Waals surface area contributed by atoms with Crippen LogP contribution in [0.3, 0.4) is 0 Å². The van der Waals surface area contributed by atoms with Gasteiger partial charge in [0.05, 0.1) is 11.0 Å². The van der Waals surface area contributed by atoms with Crippen LogP contribution in [0.25, 0.3) is 0 Å². The topological polar surface area (TPSA) is 80.5 Å². The largest absolute Gasteiger partial charge is 0.289 e. The van der Waals surface area contributed by atoms with E-state index in [9.17, 15) is 18.5 Å². The second-order valence-corrected chi connectivity index (χ2v) is 8.48. The third kappa shape index (κ3) is 3.64. The third-order valence-electron chi connectivity index (χ3n) is 4.78. The van der Waals surface area contributed by atoms with Crippen LogP contribution < -0.4 is 0 Å². The molecule has 2 aromatic carbocycles. The summed E-state index contributed by atoms with van der Waals surface area (Å²) in [6, 6.07) is 13.1. The summed E-state index contributed by atoms with van der Waals surface area (Å²) >= 11 is 0. The van der Waals surface area contributed by atoms with Crippen LogP contribution in [-0.2, 0) is 10.0 Å². The summed E-state index contributed by atoms with van der Waals surface area (Å²) in [6.07, 6.45) is 3.35. The first-order chi connectivity index (χ1) is 12.4. The van der Waals surface area contributed by atoms with Crippen molar-refractivity contribution in [1.29, 1.82) is 0 Å². The van der Waals surface area contributed by atoms with Gasteiger partial charge in [-0.05, 0) is 31.4 Å². The van der Waals surface area contributed by atoms with Gasteiger partial charge in [0.25, 0.3) is 5.69 Å². The van der Waals surface area contributed by atoms with Crippen LogP contribution in [-0.4, -0.2) is 24.2 Å². The van der Waals surface area contributed by atoms with Crippen LogP contribution in [0.5, 0.6) is 0 Å². The number of nitro groups is 1. The summed E-state index contributed by atoms with van der Waals surface area (Å²) in [5.74, 6) is 0. The lowest BCUT2D eigenvalue weighted by Crippen LogP contribution is -2.35. The lowest BCUT2D eigenvalue weighted by atomic mass is 10.0. The fraction of sp³-hybridized carbons (Fsp3) is 0.368. The Morgan fingerprint density at radius 3 is 2.58 bits per heavy atom. The average molecular weight is 374 g/mol. The molecule has 6 nitrogen and oxygen atoms in total. The normalized spacial score (nSPS) is 19.0. The zero-order chi connectivity index (χ0) is 18.7. The molecule has 1 aliphatic heterocycles. The van der Waals surface area contributed by atoms with Crippen LogP contribution in [0.2, 0.25) is 0 Å². The fourth-order valence-corrected chi connectivity index (χ4v) is 5.37. The summed E-state index contributed by atoms with van der Waals surface area (Å²) in [6.45, 7) is 2.34. The van der Waals surface area contributed by atoms with Gasteiger partial charge in [-0.2, -0.15) is 4.31 Å². The first-order valence-electron chi connectivity index (χ1n) is 8.73. The van der Waals surface area contributed by atoms with Gasteiger partial charge in [0.1, 0.15) is 0 Å². The molecule has 1 saturated heterocycles. The number of sulfonamides is 1. The van der Waals surface area contributed by atoms with Crippen molar-refractivity contribution < 1.29 is 13.3 Å². The monoisotopic (exact) mass is 374 g/mol. The van der Waals surface area contributed by atoms with Crippen molar-refractivity contribution in [2.45, 2.75) is 43.5 Å². The maximum Gasteiger partial charge on any atom is 0.289 e. The number of nitrogens with zero attached hydrogens (tertiary/aromatic N) is 2. The van der Waals surface area contributed by atoms with Crippen LogP contribution in [0.1, 0.15) is 42.9 Å². The van der Waals surface area contributed by atoms with E-state index in [4.69, 9.17) is 0 Å². The van der Waals surface area contributed by atoms with E-state index in [1.165, 1.54) is 28.6 Å². The first-order valence-corrected chi connectivity index (χ1v) is 10.2. The van der Waals surface area contributed by atoms with Crippen molar-refractivity contribution in [1.82, 2.24) is 4.31 Å². The number of para-hydroxylation sites is 1. The Hall–Kier alpha value is -2.25. The molecule has 1 heterocycles. The first kappa shape index (κ1) is 18.5. The molecule has 0 amide bonds. The summed E-state index contributed by atoms with van der Waals surface area (Å²) in [5.41, 5.74) is 1.63. The maximum absolute atomic E-state index is 13.4. The van der Waals surface area contributed by atoms with Gasteiger partial charge < -0.3 is 0 Å². The fourth-order valence-electron chi connectivity index (χ4n) is 3.53. The summed E-state index contributed by atoms with van der Waals surface area (Å²) in [5, 5.41) is 11.3. The number of nitro benzene ring substituents is 1. The van der Waals surface area contributed by atoms with E-state index >= 15 is 0 Å². The maximum atomic E-state index is 13.4. The van der Waals surface area contributed by atoms with E-state index in [0.29, 0.717) is 13.0 Å². The van der Waals surface area contributed by atoms with E-state index in [1.807, 2.05) is 31.2 Å². The van der Waals surface area contributed by atoms with Crippen molar-refractivity contribution in [3.8, 4) is 0 Å². The number of hydrogen-bond acceptors (Lipinski definition) is 4. The molecule has 26 heavy (non-hydrogen) atoms. The molecule has 0 aliphatic carbocycles. The molecule has 138 valence electrons. The van der Waals surface area contributed by atoms with Gasteiger partial charge in [-0.3, -0.25) is 10.1 Å². The van der Waals surface area contributed by atoms with E-state index in [0.717, 1.165) is 30.4 Å². The molecular weight excluding hydrogens is 352 g/mol. The summed E-state index contributed by atoms with van der Waals surface area (Å²) < 4.78 is 28.2. The highest BCUT2D eigenvalue weighted by atomic mass is 32.2. The van der Waals surface area contributed by atoms with Gasteiger partial charge in [-0.1, -0.05) is 54.8 Å². The van der Waals surface area contributed by atoms with Crippen LogP contribution in [0.15, 0.2) is 53.4 Å². The molecule has 3 rings (SSSR count). The Balaban J connectivity index is 2.10. The second-order valence-electron chi connectivity index (χ2n) is 6.62. The molecular formula is C19H22N2O4S. The van der Waals surface area contributed by atoms with Gasteiger partial charge in [0.15, 0.2) is 4.90 Å². The molecule has 1 aliphatic rings. The zero-order valence-electron chi connectivity index (χ0n) is 14.7. The molecule has 0 saturated carbocycles. The average Bonchev–Trinajstić information content (AvgIpc) is 2.88. The van der Waals surface area contributed by atoms with Crippen LogP contribution in [0.4, 0.5) is 5.69 Å². The van der Waals surface area contributed by atoms with Crippen molar-refractivity contribution in [3.63, 3.8) is 0 Å². The predicted octanol–water partition coefficient (Wildman–Crippen LogP) is 4.21. The van der Waals surface area contributed by atoms with E-state index in [-0.39, 0.29) is 16.6 Å². The molecule has 0 bridgehead atoms. The van der Waals surface area contributed by atoms with Gasteiger partial charge in [0, 0.05) is 12.6 Å². The minimum Gasteiger partial charge on any atom is -0.258 e. The van der Waals surface area contributed by atoms with Crippen LogP contribution in [0, 0.1) is 17.0 Å². The number of aryl methyl sites for hydroxylation is 1. The van der Waals surface area contributed by atoms with Crippen molar-refractivity contribution in [2.75, 3.05) is 6.54 Å². The lowest BCUT2D eigenvalue weighted by Gasteiger charge is -2.29. The van der Waals surface area contributed by atoms with Crippen LogP contribution >= 0.6 is 0 Å². The highest BCUT2D eigenvalue weighted by molar-refractivity contribution is 7.89. The second kappa shape index (κ2) is 7.55. The number of hydrogen-bond donors (Lipinski definition) is 0. The zero-order valence-corrected chi connectivity index (χ0v) is 15.5. The Kier molecular flexibility index (Phi) is 5.38. The molecule has 7 heteroatoms.